The molecule has 1 aliphatic rings. The van der Waals surface area contributed by atoms with Crippen molar-refractivity contribution < 1.29 is 44.7 Å². The van der Waals surface area contributed by atoms with Crippen molar-refractivity contribution in [2.45, 2.75) is 50.3 Å². The molecule has 0 aliphatic carbocycles. The van der Waals surface area contributed by atoms with Crippen LogP contribution >= 0.6 is 0 Å². The zero-order valence-electron chi connectivity index (χ0n) is 18.6. The van der Waals surface area contributed by atoms with E-state index in [9.17, 15) is 35.2 Å². The fourth-order valence-electron chi connectivity index (χ4n) is 3.42. The fourth-order valence-corrected chi connectivity index (χ4v) is 5.05. The number of halogens is 5. The molecule has 0 radical (unpaired) electrons. The first kappa shape index (κ1) is 27.0. The van der Waals surface area contributed by atoms with Crippen molar-refractivity contribution in [3.8, 4) is 0 Å². The maximum absolute atomic E-state index is 14.2. The number of hydrogen-bond acceptors (Lipinski definition) is 5. The summed E-state index contributed by atoms with van der Waals surface area (Å²) in [7, 11) is -5.11. The summed E-state index contributed by atoms with van der Waals surface area (Å²) in [6.45, 7) is 1.39. The van der Waals surface area contributed by atoms with E-state index in [2.05, 4.69) is 5.48 Å². The molecular formula is C22H23F5N2O5S. The van der Waals surface area contributed by atoms with E-state index < -0.39 is 62.7 Å². The van der Waals surface area contributed by atoms with Gasteiger partial charge in [-0.15, -0.1) is 0 Å². The minimum atomic E-state index is -5.11. The number of carbonyl (C=O) groups excluding carboxylic acids is 1. The van der Waals surface area contributed by atoms with Gasteiger partial charge in [0.2, 0.25) is 15.8 Å². The maximum atomic E-state index is 14.2. The quantitative estimate of drug-likeness (QED) is 0.231. The molecular weight excluding hydrogens is 499 g/mol. The Kier molecular flexibility index (Phi) is 8.80. The lowest BCUT2D eigenvalue weighted by Gasteiger charge is -2.23. The van der Waals surface area contributed by atoms with Gasteiger partial charge in [-0.25, -0.2) is 40.7 Å². The van der Waals surface area contributed by atoms with Gasteiger partial charge >= 0.3 is 0 Å². The molecule has 1 aliphatic heterocycles. The van der Waals surface area contributed by atoms with Gasteiger partial charge in [-0.05, 0) is 37.0 Å². The smallest absolute Gasteiger partial charge is 0.274 e. The first-order chi connectivity index (χ1) is 16.6. The van der Waals surface area contributed by atoms with Crippen molar-refractivity contribution in [2.75, 3.05) is 13.2 Å². The van der Waals surface area contributed by atoms with E-state index in [-0.39, 0.29) is 18.5 Å². The van der Waals surface area contributed by atoms with E-state index >= 15 is 0 Å². The van der Waals surface area contributed by atoms with Crippen LogP contribution in [0.15, 0.2) is 29.2 Å². The highest BCUT2D eigenvalue weighted by molar-refractivity contribution is 7.89. The molecule has 0 bridgehead atoms. The van der Waals surface area contributed by atoms with Gasteiger partial charge in [0.15, 0.2) is 34.5 Å². The molecule has 1 N–H and O–H groups in total. The molecule has 1 amide bonds. The van der Waals surface area contributed by atoms with Crippen LogP contribution in [0.3, 0.4) is 0 Å². The average Bonchev–Trinajstić information content (AvgIpc) is 2.85. The van der Waals surface area contributed by atoms with Crippen molar-refractivity contribution in [2.24, 2.45) is 0 Å². The maximum Gasteiger partial charge on any atom is 0.274 e. The van der Waals surface area contributed by atoms with Crippen molar-refractivity contribution in [1.29, 1.82) is 0 Å². The standard InChI is InChI=1S/C22H23F5N2O5S/c1-2-10-29(35(31,32)21-19(26)17(24)16(23)18(25)20(21)27)12-13-6-8-14(9-7-13)22(30)28-34-15-5-3-4-11-33-15/h6-9,15H,2-5,10-12H2,1H3,(H,28,30). The van der Waals surface area contributed by atoms with Gasteiger partial charge < -0.3 is 4.74 Å². The second-order valence-electron chi connectivity index (χ2n) is 7.78. The van der Waals surface area contributed by atoms with Gasteiger partial charge in [-0.1, -0.05) is 19.1 Å². The number of carbonyl (C=O) groups is 1. The zero-order chi connectivity index (χ0) is 25.8. The minimum Gasteiger partial charge on any atom is -0.350 e. The van der Waals surface area contributed by atoms with Gasteiger partial charge in [-0.3, -0.25) is 4.79 Å². The van der Waals surface area contributed by atoms with Crippen LogP contribution in [0, 0.1) is 29.1 Å². The second kappa shape index (κ2) is 11.4. The Labute approximate surface area is 198 Å². The summed E-state index contributed by atoms with van der Waals surface area (Å²) in [5.41, 5.74) is 2.75. The highest BCUT2D eigenvalue weighted by Crippen LogP contribution is 2.30. The lowest BCUT2D eigenvalue weighted by Crippen LogP contribution is -2.34. The summed E-state index contributed by atoms with van der Waals surface area (Å²) in [6, 6.07) is 5.52. The van der Waals surface area contributed by atoms with Crippen LogP contribution in [0.5, 0.6) is 0 Å². The number of hydroxylamine groups is 1. The number of nitrogens with zero attached hydrogens (tertiary/aromatic N) is 1. The van der Waals surface area contributed by atoms with E-state index in [0.717, 1.165) is 12.8 Å². The van der Waals surface area contributed by atoms with Crippen LogP contribution < -0.4 is 5.48 Å². The fraction of sp³-hybridized carbons (Fsp3) is 0.409. The molecule has 0 saturated carbocycles. The Morgan fingerprint density at radius 2 is 1.63 bits per heavy atom. The molecule has 2 aromatic carbocycles. The van der Waals surface area contributed by atoms with Crippen LogP contribution in [0.4, 0.5) is 22.0 Å². The Bertz CT molecular complexity index is 1140. The number of sulfonamides is 1. The highest BCUT2D eigenvalue weighted by atomic mass is 32.2. The van der Waals surface area contributed by atoms with Gasteiger partial charge in [0.05, 0.1) is 0 Å². The highest BCUT2D eigenvalue weighted by Gasteiger charge is 2.37. The molecule has 35 heavy (non-hydrogen) atoms. The number of amides is 1. The first-order valence-electron chi connectivity index (χ1n) is 10.8. The van der Waals surface area contributed by atoms with Crippen LogP contribution in [0.25, 0.3) is 0 Å². The Morgan fingerprint density at radius 1 is 1.03 bits per heavy atom. The monoisotopic (exact) mass is 522 g/mol. The molecule has 1 unspecified atom stereocenters. The minimum absolute atomic E-state index is 0.175. The van der Waals surface area contributed by atoms with E-state index in [1.54, 1.807) is 6.92 Å². The second-order valence-corrected chi connectivity index (χ2v) is 9.65. The van der Waals surface area contributed by atoms with E-state index in [0.29, 0.717) is 22.9 Å². The molecule has 192 valence electrons. The van der Waals surface area contributed by atoms with E-state index in [1.807, 2.05) is 0 Å². The number of hydrogen-bond donors (Lipinski definition) is 1. The van der Waals surface area contributed by atoms with E-state index in [1.165, 1.54) is 24.3 Å². The topological polar surface area (TPSA) is 84.9 Å². The SMILES string of the molecule is CCCN(Cc1ccc(C(=O)NOC2CCCCO2)cc1)S(=O)(=O)c1c(F)c(F)c(F)c(F)c1F. The molecule has 13 heteroatoms. The third-order valence-electron chi connectivity index (χ3n) is 5.24. The Balaban J connectivity index is 1.78. The van der Waals surface area contributed by atoms with Crippen molar-refractivity contribution in [1.82, 2.24) is 9.79 Å². The van der Waals surface area contributed by atoms with Crippen molar-refractivity contribution in [3.05, 3.63) is 64.5 Å². The van der Waals surface area contributed by atoms with Gasteiger partial charge in [0, 0.05) is 31.7 Å². The number of benzene rings is 2. The van der Waals surface area contributed by atoms with E-state index in [4.69, 9.17) is 9.57 Å². The summed E-state index contributed by atoms with van der Waals surface area (Å²) in [4.78, 5) is 15.5. The molecule has 1 atom stereocenters. The third kappa shape index (κ3) is 5.97. The molecule has 0 aromatic heterocycles. The van der Waals surface area contributed by atoms with Crippen molar-refractivity contribution >= 4 is 15.9 Å². The molecule has 1 saturated heterocycles. The lowest BCUT2D eigenvalue weighted by atomic mass is 10.1. The normalized spacial score (nSPS) is 16.5. The Morgan fingerprint density at radius 3 is 2.17 bits per heavy atom. The number of nitrogens with one attached hydrogen (secondary N) is 1. The van der Waals surface area contributed by atoms with Gasteiger partial charge in [0.25, 0.3) is 5.91 Å². The summed E-state index contributed by atoms with van der Waals surface area (Å²) in [6.07, 6.45) is 2.07. The predicted molar refractivity (Wildman–Crippen MR) is 113 cm³/mol. The molecule has 1 heterocycles. The molecule has 0 spiro atoms. The molecule has 1 fully saturated rings. The van der Waals surface area contributed by atoms with Gasteiger partial charge in [0.1, 0.15) is 0 Å². The molecule has 2 aromatic rings. The first-order valence-corrected chi connectivity index (χ1v) is 12.2. The van der Waals surface area contributed by atoms with Crippen LogP contribution in [-0.4, -0.2) is 38.1 Å². The summed E-state index contributed by atoms with van der Waals surface area (Å²) >= 11 is 0. The summed E-state index contributed by atoms with van der Waals surface area (Å²) < 4.78 is 101. The number of ether oxygens (including phenoxy) is 1. The third-order valence-corrected chi connectivity index (χ3v) is 7.10. The van der Waals surface area contributed by atoms with Crippen LogP contribution in [-0.2, 0) is 26.1 Å². The van der Waals surface area contributed by atoms with Crippen molar-refractivity contribution in [3.63, 3.8) is 0 Å². The average molecular weight is 522 g/mol. The van der Waals surface area contributed by atoms with Crippen LogP contribution in [0.1, 0.15) is 48.5 Å². The zero-order valence-corrected chi connectivity index (χ0v) is 19.4. The molecule has 3 rings (SSSR count). The summed E-state index contributed by atoms with van der Waals surface area (Å²) in [5.74, 6) is -12.6. The van der Waals surface area contributed by atoms with Crippen LogP contribution in [0.2, 0.25) is 0 Å². The summed E-state index contributed by atoms with van der Waals surface area (Å²) in [5, 5.41) is 0. The largest absolute Gasteiger partial charge is 0.350 e. The predicted octanol–water partition coefficient (Wildman–Crippen LogP) is 4.17. The number of rotatable bonds is 9. The van der Waals surface area contributed by atoms with Gasteiger partial charge in [-0.2, -0.15) is 4.31 Å². The Hall–Kier alpha value is -2.61. The molecule has 7 nitrogen and oxygen atoms in total. The lowest BCUT2D eigenvalue weighted by molar-refractivity contribution is -0.186.